The van der Waals surface area contributed by atoms with Crippen molar-refractivity contribution in [1.82, 2.24) is 9.97 Å². The normalized spacial score (nSPS) is 12.6. The van der Waals surface area contributed by atoms with Gasteiger partial charge in [0.25, 0.3) is 0 Å². The first kappa shape index (κ1) is 14.6. The second-order valence-electron chi connectivity index (χ2n) is 4.29. The molecule has 0 aliphatic carbocycles. The lowest BCUT2D eigenvalue weighted by Gasteiger charge is -2.13. The number of methoxy groups -OCH3 is 1. The Morgan fingerprint density at radius 2 is 2.06 bits per heavy atom. The summed E-state index contributed by atoms with van der Waals surface area (Å²) in [6.07, 6.45) is -0.582. The molecular weight excluding hydrogens is 234 g/mol. The minimum Gasteiger partial charge on any atom is -0.389 e. The molecule has 1 unspecified atom stereocenters. The number of hydrazine groups is 1. The molecule has 1 atom stereocenters. The Morgan fingerprint density at radius 3 is 2.61 bits per heavy atom. The number of aliphatic hydroxyl groups is 1. The Balaban J connectivity index is 2.72. The lowest BCUT2D eigenvalue weighted by Crippen LogP contribution is -2.25. The van der Waals surface area contributed by atoms with Crippen LogP contribution in [0.15, 0.2) is 6.07 Å². The van der Waals surface area contributed by atoms with Crippen molar-refractivity contribution in [1.29, 1.82) is 0 Å². The van der Waals surface area contributed by atoms with Crippen LogP contribution in [0.25, 0.3) is 0 Å². The van der Waals surface area contributed by atoms with E-state index in [1.54, 1.807) is 13.2 Å². The second kappa shape index (κ2) is 7.10. The third kappa shape index (κ3) is 4.44. The fourth-order valence-corrected chi connectivity index (χ4v) is 1.36. The molecule has 1 aromatic heterocycles. The van der Waals surface area contributed by atoms with Crippen molar-refractivity contribution in [3.05, 3.63) is 11.9 Å². The minimum absolute atomic E-state index is 0.197. The average Bonchev–Trinajstić information content (AvgIpc) is 2.36. The predicted octanol–water partition coefficient (Wildman–Crippen LogP) is 0.305. The summed E-state index contributed by atoms with van der Waals surface area (Å²) in [6.45, 7) is 4.63. The van der Waals surface area contributed by atoms with E-state index >= 15 is 0 Å². The number of nitrogen functional groups attached to an aromatic ring is 1. The molecule has 0 saturated carbocycles. The predicted molar refractivity (Wildman–Crippen MR) is 70.3 cm³/mol. The Hall–Kier alpha value is -1.44. The molecule has 1 aromatic rings. The van der Waals surface area contributed by atoms with Crippen LogP contribution in [0.5, 0.6) is 0 Å². The number of ether oxygens (including phenoxy) is 1. The number of hydrogen-bond acceptors (Lipinski definition) is 7. The van der Waals surface area contributed by atoms with Gasteiger partial charge in [0.2, 0.25) is 0 Å². The lowest BCUT2D eigenvalue weighted by molar-refractivity contribution is 0.0727. The molecule has 1 heterocycles. The molecule has 0 fully saturated rings. The largest absolute Gasteiger partial charge is 0.389 e. The van der Waals surface area contributed by atoms with E-state index in [4.69, 9.17) is 10.6 Å². The van der Waals surface area contributed by atoms with Crippen LogP contribution in [0.3, 0.4) is 0 Å². The monoisotopic (exact) mass is 255 g/mol. The average molecular weight is 255 g/mol. The summed E-state index contributed by atoms with van der Waals surface area (Å²) in [4.78, 5) is 8.58. The highest BCUT2D eigenvalue weighted by Crippen LogP contribution is 2.16. The number of aromatic nitrogens is 2. The van der Waals surface area contributed by atoms with Crippen LogP contribution in [0.1, 0.15) is 25.6 Å². The maximum atomic E-state index is 9.54. The Morgan fingerprint density at radius 1 is 1.39 bits per heavy atom. The molecule has 0 amide bonds. The zero-order valence-electron chi connectivity index (χ0n) is 11.0. The van der Waals surface area contributed by atoms with Gasteiger partial charge in [0, 0.05) is 25.6 Å². The fraction of sp³-hybridized carbons (Fsp3) is 0.636. The molecule has 1 rings (SSSR count). The van der Waals surface area contributed by atoms with E-state index in [0.717, 1.165) is 0 Å². The molecule has 102 valence electrons. The maximum absolute atomic E-state index is 9.54. The number of nitrogens with zero attached hydrogens (tertiary/aromatic N) is 2. The molecule has 7 nitrogen and oxygen atoms in total. The third-order valence-electron chi connectivity index (χ3n) is 2.29. The van der Waals surface area contributed by atoms with Crippen LogP contribution < -0.4 is 16.6 Å². The van der Waals surface area contributed by atoms with E-state index in [1.165, 1.54) is 0 Å². The number of anilines is 2. The molecule has 0 radical (unpaired) electrons. The van der Waals surface area contributed by atoms with Crippen LogP contribution in [0, 0.1) is 0 Å². The molecule has 5 N–H and O–H groups in total. The van der Waals surface area contributed by atoms with Crippen molar-refractivity contribution in [2.24, 2.45) is 5.84 Å². The molecule has 0 saturated heterocycles. The molecule has 18 heavy (non-hydrogen) atoms. The zero-order chi connectivity index (χ0) is 13.5. The van der Waals surface area contributed by atoms with Gasteiger partial charge in [0.05, 0.1) is 12.7 Å². The van der Waals surface area contributed by atoms with Crippen LogP contribution in [-0.2, 0) is 4.74 Å². The first-order chi connectivity index (χ1) is 8.56. The van der Waals surface area contributed by atoms with Crippen molar-refractivity contribution in [2.75, 3.05) is 31.0 Å². The first-order valence-corrected chi connectivity index (χ1v) is 5.83. The van der Waals surface area contributed by atoms with Crippen LogP contribution in [0.4, 0.5) is 11.6 Å². The summed E-state index contributed by atoms with van der Waals surface area (Å²) in [6, 6.07) is 1.69. The third-order valence-corrected chi connectivity index (χ3v) is 2.29. The number of rotatable bonds is 7. The highest BCUT2D eigenvalue weighted by Gasteiger charge is 2.09. The second-order valence-corrected chi connectivity index (χ2v) is 4.29. The van der Waals surface area contributed by atoms with Crippen molar-refractivity contribution < 1.29 is 9.84 Å². The fourth-order valence-electron chi connectivity index (χ4n) is 1.36. The van der Waals surface area contributed by atoms with Crippen molar-refractivity contribution in [2.45, 2.75) is 25.9 Å². The van der Waals surface area contributed by atoms with E-state index in [-0.39, 0.29) is 12.5 Å². The topological polar surface area (TPSA) is 105 Å². The van der Waals surface area contributed by atoms with E-state index < -0.39 is 6.10 Å². The van der Waals surface area contributed by atoms with Crippen LogP contribution in [-0.4, -0.2) is 41.4 Å². The molecular formula is C11H21N5O2. The molecule has 0 aromatic carbocycles. The quantitative estimate of drug-likeness (QED) is 0.410. The summed E-state index contributed by atoms with van der Waals surface area (Å²) in [5, 5.41) is 12.6. The van der Waals surface area contributed by atoms with Gasteiger partial charge in [0.15, 0.2) is 0 Å². The van der Waals surface area contributed by atoms with Gasteiger partial charge in [-0.1, -0.05) is 13.8 Å². The highest BCUT2D eigenvalue weighted by atomic mass is 16.5. The molecule has 0 spiro atoms. The summed E-state index contributed by atoms with van der Waals surface area (Å²) >= 11 is 0. The Bertz CT molecular complexity index is 372. The number of nitrogens with one attached hydrogen (secondary N) is 2. The van der Waals surface area contributed by atoms with E-state index in [2.05, 4.69) is 20.7 Å². The zero-order valence-corrected chi connectivity index (χ0v) is 11.0. The van der Waals surface area contributed by atoms with Crippen molar-refractivity contribution in [3.63, 3.8) is 0 Å². The molecule has 7 heteroatoms. The summed E-state index contributed by atoms with van der Waals surface area (Å²) in [5.41, 5.74) is 2.50. The number of nitrogens with two attached hydrogens (primary N) is 1. The Labute approximate surface area is 107 Å². The molecule has 0 aliphatic heterocycles. The van der Waals surface area contributed by atoms with Gasteiger partial charge >= 0.3 is 0 Å². The van der Waals surface area contributed by atoms with Gasteiger partial charge in [0.1, 0.15) is 17.5 Å². The van der Waals surface area contributed by atoms with Gasteiger partial charge < -0.3 is 20.6 Å². The first-order valence-electron chi connectivity index (χ1n) is 5.83. The number of hydrogen-bond donors (Lipinski definition) is 4. The molecule has 0 aliphatic rings. The van der Waals surface area contributed by atoms with E-state index in [0.29, 0.717) is 24.0 Å². The number of aliphatic hydroxyl groups excluding tert-OH is 1. The van der Waals surface area contributed by atoms with Gasteiger partial charge in [-0.2, -0.15) is 0 Å². The smallest absolute Gasteiger partial charge is 0.145 e. The highest BCUT2D eigenvalue weighted by molar-refractivity contribution is 5.47. The van der Waals surface area contributed by atoms with Crippen molar-refractivity contribution >= 4 is 11.6 Å². The standard InChI is InChI=1S/C11H21N5O2/c1-7(2)11-14-9(4-10(15-11)16-12)13-5-8(17)6-18-3/h4,7-8,17H,5-6,12H2,1-3H3,(H2,13,14,15,16). The van der Waals surface area contributed by atoms with E-state index in [1.807, 2.05) is 13.8 Å². The van der Waals surface area contributed by atoms with Crippen LogP contribution >= 0.6 is 0 Å². The molecule has 0 bridgehead atoms. The Kier molecular flexibility index (Phi) is 5.76. The van der Waals surface area contributed by atoms with Gasteiger partial charge in [-0.3, -0.25) is 0 Å². The summed E-state index contributed by atoms with van der Waals surface area (Å²) in [5.74, 6) is 7.40. The van der Waals surface area contributed by atoms with Crippen molar-refractivity contribution in [3.8, 4) is 0 Å². The van der Waals surface area contributed by atoms with Crippen LogP contribution in [0.2, 0.25) is 0 Å². The maximum Gasteiger partial charge on any atom is 0.145 e. The summed E-state index contributed by atoms with van der Waals surface area (Å²) < 4.78 is 4.84. The van der Waals surface area contributed by atoms with Gasteiger partial charge in [-0.15, -0.1) is 0 Å². The van der Waals surface area contributed by atoms with Gasteiger partial charge in [-0.05, 0) is 0 Å². The van der Waals surface area contributed by atoms with Gasteiger partial charge in [-0.25, -0.2) is 15.8 Å². The van der Waals surface area contributed by atoms with E-state index in [9.17, 15) is 5.11 Å². The lowest BCUT2D eigenvalue weighted by atomic mass is 10.2. The summed E-state index contributed by atoms with van der Waals surface area (Å²) in [7, 11) is 1.54. The minimum atomic E-state index is -0.582. The SMILES string of the molecule is COCC(O)CNc1cc(NN)nc(C(C)C)n1.